The van der Waals surface area contributed by atoms with Crippen molar-refractivity contribution in [1.82, 2.24) is 0 Å². The first-order chi connectivity index (χ1) is 17.1. The number of hydrogen-bond donors (Lipinski definition) is 0. The van der Waals surface area contributed by atoms with Crippen LogP contribution in [0.25, 0.3) is 0 Å². The number of aliphatic imine (C=N–C) groups is 1. The molecule has 2 aromatic carbocycles. The van der Waals surface area contributed by atoms with Gasteiger partial charge in [-0.3, -0.25) is 19.9 Å². The zero-order chi connectivity index (χ0) is 26.4. The topological polar surface area (TPSA) is 117 Å². The molecule has 0 aliphatic carbocycles. The number of non-ortho nitro benzene ring substituents is 1. The van der Waals surface area contributed by atoms with Gasteiger partial charge < -0.3 is 14.2 Å². The Hall–Kier alpha value is -3.72. The summed E-state index contributed by atoms with van der Waals surface area (Å²) in [6, 6.07) is 12.6. The lowest BCUT2D eigenvalue weighted by Crippen LogP contribution is -2.37. The standard InChI is InChI=1S/C26H27ClN2O7/c1-15(2)36-26(31)23-17(4)28-16(3)22(24(23)18-7-5-9-20(13-18)29(32)33)25(30)35-12-11-34-21-10-6-8-19(27)14-21/h5-10,13-15,23-24H,11-12H2,1-4H3. The molecule has 0 radical (unpaired) electrons. The molecule has 10 heteroatoms. The summed E-state index contributed by atoms with van der Waals surface area (Å²) in [6.07, 6.45) is -0.401. The van der Waals surface area contributed by atoms with E-state index in [1.54, 1.807) is 58.0 Å². The van der Waals surface area contributed by atoms with Gasteiger partial charge in [-0.15, -0.1) is 0 Å². The molecule has 0 bridgehead atoms. The van der Waals surface area contributed by atoms with Gasteiger partial charge in [-0.2, -0.15) is 0 Å². The fourth-order valence-corrected chi connectivity index (χ4v) is 4.21. The summed E-state index contributed by atoms with van der Waals surface area (Å²) < 4.78 is 16.5. The number of carbonyl (C=O) groups excluding carboxylic acids is 2. The van der Waals surface area contributed by atoms with Crippen LogP contribution in [0.1, 0.15) is 39.2 Å². The zero-order valence-corrected chi connectivity index (χ0v) is 21.2. The van der Waals surface area contributed by atoms with E-state index in [2.05, 4.69) is 4.99 Å². The van der Waals surface area contributed by atoms with Crippen molar-refractivity contribution in [2.45, 2.75) is 39.7 Å². The average molecular weight is 515 g/mol. The monoisotopic (exact) mass is 514 g/mol. The molecule has 0 saturated heterocycles. The number of hydrogen-bond acceptors (Lipinski definition) is 8. The number of esters is 2. The molecule has 1 aliphatic heterocycles. The molecule has 1 aliphatic rings. The maximum absolute atomic E-state index is 13.3. The van der Waals surface area contributed by atoms with E-state index in [4.69, 9.17) is 25.8 Å². The molecule has 2 atom stereocenters. The van der Waals surface area contributed by atoms with E-state index in [1.165, 1.54) is 18.2 Å². The molecule has 3 rings (SSSR count). The Balaban J connectivity index is 1.90. The molecule has 190 valence electrons. The zero-order valence-electron chi connectivity index (χ0n) is 20.4. The normalized spacial score (nSPS) is 17.4. The van der Waals surface area contributed by atoms with Crippen molar-refractivity contribution in [3.8, 4) is 5.75 Å². The number of rotatable bonds is 9. The summed E-state index contributed by atoms with van der Waals surface area (Å²) in [7, 11) is 0. The molecule has 0 spiro atoms. The maximum atomic E-state index is 13.3. The Morgan fingerprint density at radius 3 is 2.50 bits per heavy atom. The molecule has 1 heterocycles. The van der Waals surface area contributed by atoms with E-state index in [-0.39, 0.29) is 24.5 Å². The van der Waals surface area contributed by atoms with Crippen LogP contribution >= 0.6 is 11.6 Å². The smallest absolute Gasteiger partial charge is 0.336 e. The highest BCUT2D eigenvalue weighted by Crippen LogP contribution is 2.41. The Kier molecular flexibility index (Phi) is 8.82. The van der Waals surface area contributed by atoms with Crippen LogP contribution in [0.2, 0.25) is 5.02 Å². The summed E-state index contributed by atoms with van der Waals surface area (Å²) in [5, 5.41) is 11.9. The van der Waals surface area contributed by atoms with E-state index in [9.17, 15) is 19.7 Å². The number of allylic oxidation sites excluding steroid dienone is 1. The van der Waals surface area contributed by atoms with Crippen molar-refractivity contribution in [3.05, 3.63) is 80.5 Å². The number of nitrogens with zero attached hydrogens (tertiary/aromatic N) is 2. The lowest BCUT2D eigenvalue weighted by molar-refractivity contribution is -0.384. The molecule has 0 aromatic heterocycles. The van der Waals surface area contributed by atoms with Gasteiger partial charge in [-0.25, -0.2) is 4.79 Å². The second-order valence-corrected chi connectivity index (χ2v) is 8.92. The highest BCUT2D eigenvalue weighted by molar-refractivity contribution is 6.30. The number of ether oxygens (including phenoxy) is 3. The number of carbonyl (C=O) groups is 2. The largest absolute Gasteiger partial charge is 0.490 e. The van der Waals surface area contributed by atoms with Gasteiger partial charge in [0.2, 0.25) is 0 Å². The molecule has 0 saturated carbocycles. The third-order valence-electron chi connectivity index (χ3n) is 5.48. The predicted molar refractivity (Wildman–Crippen MR) is 134 cm³/mol. The third-order valence-corrected chi connectivity index (χ3v) is 5.71. The molecular formula is C26H27ClN2O7. The summed E-state index contributed by atoms with van der Waals surface area (Å²) >= 11 is 5.95. The first kappa shape index (κ1) is 26.9. The second kappa shape index (κ2) is 11.8. The van der Waals surface area contributed by atoms with E-state index in [0.717, 1.165) is 0 Å². The van der Waals surface area contributed by atoms with E-state index in [0.29, 0.717) is 27.7 Å². The first-order valence-electron chi connectivity index (χ1n) is 11.3. The second-order valence-electron chi connectivity index (χ2n) is 8.49. The van der Waals surface area contributed by atoms with Crippen LogP contribution < -0.4 is 4.74 Å². The molecule has 2 unspecified atom stereocenters. The van der Waals surface area contributed by atoms with Gasteiger partial charge >= 0.3 is 11.9 Å². The van der Waals surface area contributed by atoms with Gasteiger partial charge in [0.25, 0.3) is 5.69 Å². The number of benzene rings is 2. The summed E-state index contributed by atoms with van der Waals surface area (Å²) in [5.41, 5.74) is 1.18. The van der Waals surface area contributed by atoms with Crippen molar-refractivity contribution in [2.75, 3.05) is 13.2 Å². The molecule has 0 amide bonds. The fourth-order valence-electron chi connectivity index (χ4n) is 4.03. The molecule has 36 heavy (non-hydrogen) atoms. The van der Waals surface area contributed by atoms with E-state index in [1.807, 2.05) is 0 Å². The Labute approximate surface area is 213 Å². The highest BCUT2D eigenvalue weighted by atomic mass is 35.5. The summed E-state index contributed by atoms with van der Waals surface area (Å²) in [6.45, 7) is 6.73. The maximum Gasteiger partial charge on any atom is 0.336 e. The Morgan fingerprint density at radius 2 is 1.83 bits per heavy atom. The number of nitro groups is 1. The van der Waals surface area contributed by atoms with Crippen molar-refractivity contribution < 1.29 is 28.7 Å². The van der Waals surface area contributed by atoms with Crippen molar-refractivity contribution >= 4 is 34.9 Å². The van der Waals surface area contributed by atoms with Gasteiger partial charge in [-0.05, 0) is 51.5 Å². The van der Waals surface area contributed by atoms with Crippen LogP contribution in [0.3, 0.4) is 0 Å². The van der Waals surface area contributed by atoms with Gasteiger partial charge in [-0.1, -0.05) is 29.8 Å². The van der Waals surface area contributed by atoms with Gasteiger partial charge in [0.05, 0.1) is 16.6 Å². The van der Waals surface area contributed by atoms with Crippen LogP contribution in [-0.4, -0.2) is 41.9 Å². The van der Waals surface area contributed by atoms with Gasteiger partial charge in [0.15, 0.2) is 0 Å². The molecule has 9 nitrogen and oxygen atoms in total. The lowest BCUT2D eigenvalue weighted by atomic mass is 9.75. The van der Waals surface area contributed by atoms with Crippen LogP contribution in [-0.2, 0) is 19.1 Å². The predicted octanol–water partition coefficient (Wildman–Crippen LogP) is 5.27. The minimum absolute atomic E-state index is 0.0704. The highest BCUT2D eigenvalue weighted by Gasteiger charge is 2.43. The minimum atomic E-state index is -0.955. The quantitative estimate of drug-likeness (QED) is 0.193. The average Bonchev–Trinajstić information content (AvgIpc) is 2.80. The Bertz CT molecular complexity index is 1220. The van der Waals surface area contributed by atoms with Crippen molar-refractivity contribution in [1.29, 1.82) is 0 Å². The molecular weight excluding hydrogens is 488 g/mol. The number of halogens is 1. The fraction of sp³-hybridized carbons (Fsp3) is 0.346. The van der Waals surface area contributed by atoms with Crippen LogP contribution in [0.5, 0.6) is 5.75 Å². The van der Waals surface area contributed by atoms with Crippen LogP contribution in [0.15, 0.2) is 64.8 Å². The molecule has 2 aromatic rings. The summed E-state index contributed by atoms with van der Waals surface area (Å²) in [5.74, 6) is -2.58. The lowest BCUT2D eigenvalue weighted by Gasteiger charge is -2.32. The number of nitro benzene ring substituents is 1. The van der Waals surface area contributed by atoms with Crippen molar-refractivity contribution in [3.63, 3.8) is 0 Å². The van der Waals surface area contributed by atoms with Crippen LogP contribution in [0.4, 0.5) is 5.69 Å². The minimum Gasteiger partial charge on any atom is -0.490 e. The Morgan fingerprint density at radius 1 is 1.11 bits per heavy atom. The van der Waals surface area contributed by atoms with Gasteiger partial charge in [0.1, 0.15) is 24.9 Å². The van der Waals surface area contributed by atoms with Crippen molar-refractivity contribution in [2.24, 2.45) is 10.9 Å². The first-order valence-corrected chi connectivity index (χ1v) is 11.7. The van der Waals surface area contributed by atoms with Crippen LogP contribution in [0, 0.1) is 16.0 Å². The van der Waals surface area contributed by atoms with E-state index < -0.39 is 34.8 Å². The molecule has 0 N–H and O–H groups in total. The molecule has 0 fully saturated rings. The summed E-state index contributed by atoms with van der Waals surface area (Å²) in [4.78, 5) is 41.7. The SMILES string of the molecule is CC1=NC(C)=C(C(=O)OCCOc2cccc(Cl)c2)C(c2cccc([N+](=O)[O-])c2)C1C(=O)OC(C)C. The van der Waals surface area contributed by atoms with E-state index >= 15 is 0 Å². The van der Waals surface area contributed by atoms with Gasteiger partial charge in [0, 0.05) is 34.5 Å². The third kappa shape index (κ3) is 6.48.